The van der Waals surface area contributed by atoms with Crippen molar-refractivity contribution in [3.05, 3.63) is 24.0 Å². The summed E-state index contributed by atoms with van der Waals surface area (Å²) in [6.45, 7) is 6.10. The average molecular weight is 277 g/mol. The molecule has 0 aliphatic carbocycles. The second-order valence-corrected chi connectivity index (χ2v) is 5.43. The van der Waals surface area contributed by atoms with Crippen LogP contribution >= 0.6 is 0 Å². The van der Waals surface area contributed by atoms with Crippen LogP contribution in [0.5, 0.6) is 0 Å². The third-order valence-electron chi connectivity index (χ3n) is 3.76. The molecule has 1 aromatic heterocycles. The van der Waals surface area contributed by atoms with E-state index in [1.165, 1.54) is 0 Å². The molecule has 1 fully saturated rings. The van der Waals surface area contributed by atoms with Gasteiger partial charge in [-0.3, -0.25) is 9.78 Å². The Balaban J connectivity index is 2.12. The van der Waals surface area contributed by atoms with E-state index in [9.17, 15) is 9.90 Å². The van der Waals surface area contributed by atoms with Crippen molar-refractivity contribution in [3.63, 3.8) is 0 Å². The van der Waals surface area contributed by atoms with Crippen molar-refractivity contribution in [2.24, 2.45) is 5.92 Å². The minimum absolute atomic E-state index is 0.0183. The predicted octanol–water partition coefficient (Wildman–Crippen LogP) is 1.75. The number of nitrogens with one attached hydrogen (secondary N) is 1. The van der Waals surface area contributed by atoms with E-state index in [2.05, 4.69) is 17.2 Å². The second kappa shape index (κ2) is 6.70. The lowest BCUT2D eigenvalue weighted by molar-refractivity contribution is 0.0298. The normalized spacial score (nSPS) is 22.6. The number of aliphatic hydroxyl groups is 1. The van der Waals surface area contributed by atoms with Crippen molar-refractivity contribution in [1.29, 1.82) is 0 Å². The van der Waals surface area contributed by atoms with E-state index >= 15 is 0 Å². The van der Waals surface area contributed by atoms with Gasteiger partial charge in [0, 0.05) is 25.8 Å². The number of likely N-dealkylation sites (tertiary alicyclic amines) is 1. The Hall–Kier alpha value is -1.62. The van der Waals surface area contributed by atoms with E-state index in [0.29, 0.717) is 25.1 Å². The van der Waals surface area contributed by atoms with Gasteiger partial charge in [0.15, 0.2) is 0 Å². The van der Waals surface area contributed by atoms with Crippen LogP contribution in [0.25, 0.3) is 0 Å². The molecule has 2 heterocycles. The number of nitrogens with zero attached hydrogens (tertiary/aromatic N) is 2. The summed E-state index contributed by atoms with van der Waals surface area (Å²) in [5.41, 5.74) is 1.45. The van der Waals surface area contributed by atoms with Crippen molar-refractivity contribution in [3.8, 4) is 0 Å². The van der Waals surface area contributed by atoms with Crippen molar-refractivity contribution in [2.45, 2.75) is 32.8 Å². The summed E-state index contributed by atoms with van der Waals surface area (Å²) < 4.78 is 0. The maximum atomic E-state index is 12.6. The highest BCUT2D eigenvalue weighted by Crippen LogP contribution is 2.21. The summed E-state index contributed by atoms with van der Waals surface area (Å²) in [5, 5.41) is 13.0. The Morgan fingerprint density at radius 1 is 1.60 bits per heavy atom. The highest BCUT2D eigenvalue weighted by atomic mass is 16.3. The molecule has 0 radical (unpaired) electrons. The largest absolute Gasteiger partial charge is 0.393 e. The van der Waals surface area contributed by atoms with Crippen LogP contribution in [0.2, 0.25) is 0 Å². The third kappa shape index (κ3) is 3.28. The van der Waals surface area contributed by atoms with Crippen LogP contribution in [0.15, 0.2) is 18.5 Å². The van der Waals surface area contributed by atoms with Gasteiger partial charge < -0.3 is 15.3 Å². The van der Waals surface area contributed by atoms with E-state index in [-0.39, 0.29) is 17.9 Å². The Labute approximate surface area is 120 Å². The third-order valence-corrected chi connectivity index (χ3v) is 3.76. The molecule has 1 aromatic rings. The number of hydrogen-bond donors (Lipinski definition) is 2. The fourth-order valence-electron chi connectivity index (χ4n) is 2.47. The lowest BCUT2D eigenvalue weighted by Gasteiger charge is -2.34. The number of anilines is 1. The highest BCUT2D eigenvalue weighted by Gasteiger charge is 2.28. The molecular formula is C15H23N3O2. The quantitative estimate of drug-likeness (QED) is 0.880. The first-order valence-electron chi connectivity index (χ1n) is 7.28. The Kier molecular flexibility index (Phi) is 4.95. The van der Waals surface area contributed by atoms with Gasteiger partial charge in [0.2, 0.25) is 0 Å². The minimum atomic E-state index is -0.297. The zero-order valence-corrected chi connectivity index (χ0v) is 12.2. The van der Waals surface area contributed by atoms with Gasteiger partial charge in [-0.1, -0.05) is 13.8 Å². The molecule has 0 aromatic carbocycles. The van der Waals surface area contributed by atoms with E-state index < -0.39 is 0 Å². The number of carbonyl (C=O) groups excluding carboxylic acids is 1. The number of hydrogen-bond acceptors (Lipinski definition) is 4. The Morgan fingerprint density at radius 3 is 3.10 bits per heavy atom. The van der Waals surface area contributed by atoms with Gasteiger partial charge in [-0.25, -0.2) is 0 Å². The number of carbonyl (C=O) groups is 1. The monoisotopic (exact) mass is 277 g/mol. The van der Waals surface area contributed by atoms with Crippen LogP contribution in [-0.4, -0.2) is 46.6 Å². The smallest absolute Gasteiger partial charge is 0.256 e. The van der Waals surface area contributed by atoms with Gasteiger partial charge in [-0.05, 0) is 24.8 Å². The van der Waals surface area contributed by atoms with Crippen molar-refractivity contribution in [2.75, 3.05) is 25.0 Å². The molecule has 1 saturated heterocycles. The van der Waals surface area contributed by atoms with Gasteiger partial charge in [0.1, 0.15) is 0 Å². The molecule has 2 unspecified atom stereocenters. The van der Waals surface area contributed by atoms with Gasteiger partial charge in [0.05, 0.1) is 23.6 Å². The number of aromatic nitrogens is 1. The summed E-state index contributed by atoms with van der Waals surface area (Å²) in [6, 6.07) is 1.76. The maximum absolute atomic E-state index is 12.6. The molecule has 5 heteroatoms. The minimum Gasteiger partial charge on any atom is -0.393 e. The van der Waals surface area contributed by atoms with E-state index in [0.717, 1.165) is 18.7 Å². The number of amides is 1. The molecule has 2 N–H and O–H groups in total. The first-order chi connectivity index (χ1) is 9.63. The Morgan fingerprint density at radius 2 is 2.40 bits per heavy atom. The van der Waals surface area contributed by atoms with Crippen LogP contribution < -0.4 is 5.32 Å². The molecule has 1 aliphatic rings. The highest BCUT2D eigenvalue weighted by molar-refractivity contribution is 5.99. The zero-order valence-electron chi connectivity index (χ0n) is 12.2. The predicted molar refractivity (Wildman–Crippen MR) is 78.7 cm³/mol. The topological polar surface area (TPSA) is 65.5 Å². The van der Waals surface area contributed by atoms with Gasteiger partial charge in [-0.2, -0.15) is 0 Å². The summed E-state index contributed by atoms with van der Waals surface area (Å²) in [5.74, 6) is 0.145. The summed E-state index contributed by atoms with van der Waals surface area (Å²) >= 11 is 0. The molecular weight excluding hydrogens is 254 g/mol. The number of rotatable bonds is 4. The molecule has 0 bridgehead atoms. The number of aliphatic hydroxyl groups excluding tert-OH is 1. The van der Waals surface area contributed by atoms with E-state index in [4.69, 9.17) is 0 Å². The first kappa shape index (κ1) is 14.8. The Bertz CT molecular complexity index is 464. The molecule has 2 rings (SSSR count). The second-order valence-electron chi connectivity index (χ2n) is 5.43. The lowest BCUT2D eigenvalue weighted by Crippen LogP contribution is -2.45. The van der Waals surface area contributed by atoms with E-state index in [1.54, 1.807) is 18.5 Å². The summed E-state index contributed by atoms with van der Waals surface area (Å²) in [6.07, 6.45) is 4.69. The van der Waals surface area contributed by atoms with Crippen LogP contribution in [-0.2, 0) is 0 Å². The zero-order chi connectivity index (χ0) is 14.5. The van der Waals surface area contributed by atoms with Crippen molar-refractivity contribution < 1.29 is 9.90 Å². The molecule has 20 heavy (non-hydrogen) atoms. The maximum Gasteiger partial charge on any atom is 0.256 e. The van der Waals surface area contributed by atoms with E-state index in [1.807, 2.05) is 11.8 Å². The van der Waals surface area contributed by atoms with Crippen LogP contribution in [0, 0.1) is 5.92 Å². The van der Waals surface area contributed by atoms with Crippen molar-refractivity contribution in [1.82, 2.24) is 9.88 Å². The van der Waals surface area contributed by atoms with Gasteiger partial charge >= 0.3 is 0 Å². The summed E-state index contributed by atoms with van der Waals surface area (Å²) in [7, 11) is 0. The van der Waals surface area contributed by atoms with Gasteiger partial charge in [-0.15, -0.1) is 0 Å². The molecule has 0 saturated carbocycles. The molecule has 1 aliphatic heterocycles. The van der Waals surface area contributed by atoms with Gasteiger partial charge in [0.25, 0.3) is 5.91 Å². The molecule has 5 nitrogen and oxygen atoms in total. The lowest BCUT2D eigenvalue weighted by atomic mass is 9.96. The van der Waals surface area contributed by atoms with Crippen LogP contribution in [0.1, 0.15) is 37.0 Å². The molecule has 1 amide bonds. The van der Waals surface area contributed by atoms with Crippen LogP contribution in [0.3, 0.4) is 0 Å². The molecule has 110 valence electrons. The number of piperidine rings is 1. The molecule has 0 spiro atoms. The average Bonchev–Trinajstić information content (AvgIpc) is 2.47. The number of pyridine rings is 1. The standard InChI is InChI=1S/C15H23N3O2/c1-3-6-17-13-9-16-7-4-12(13)15(20)18-8-5-14(19)11(2)10-18/h4,7,9,11,14,17,19H,3,5-6,8,10H2,1-2H3. The fraction of sp³-hybridized carbons (Fsp3) is 0.600. The summed E-state index contributed by atoms with van der Waals surface area (Å²) in [4.78, 5) is 18.5. The SMILES string of the molecule is CCCNc1cnccc1C(=O)N1CCC(O)C(C)C1. The van der Waals surface area contributed by atoms with Crippen LogP contribution in [0.4, 0.5) is 5.69 Å². The molecule has 2 atom stereocenters. The fourth-order valence-corrected chi connectivity index (χ4v) is 2.47. The van der Waals surface area contributed by atoms with Crippen molar-refractivity contribution >= 4 is 11.6 Å². The first-order valence-corrected chi connectivity index (χ1v) is 7.28.